The summed E-state index contributed by atoms with van der Waals surface area (Å²) in [6.45, 7) is 3.73. The average Bonchev–Trinajstić information content (AvgIpc) is 2.62. The van der Waals surface area contributed by atoms with Gasteiger partial charge in [0.25, 0.3) is 0 Å². The number of rotatable bonds is 6. The number of imidazole rings is 1. The molecule has 0 radical (unpaired) electrons. The third-order valence-electron chi connectivity index (χ3n) is 2.50. The summed E-state index contributed by atoms with van der Waals surface area (Å²) in [6, 6.07) is 0. The van der Waals surface area contributed by atoms with E-state index in [1.54, 1.807) is 6.26 Å². The SMILES string of the molecule is CNCc1cncn1CCC(C)S(C)=O. The zero-order valence-corrected chi connectivity index (χ0v) is 10.4. The minimum atomic E-state index is -0.732. The van der Waals surface area contributed by atoms with Gasteiger partial charge in [0.2, 0.25) is 0 Å². The van der Waals surface area contributed by atoms with Crippen LogP contribution in [0.25, 0.3) is 0 Å². The minimum absolute atomic E-state index is 0.245. The van der Waals surface area contributed by atoms with Gasteiger partial charge >= 0.3 is 0 Å². The molecule has 2 unspecified atom stereocenters. The van der Waals surface area contributed by atoms with Crippen molar-refractivity contribution in [1.82, 2.24) is 14.9 Å². The Morgan fingerprint density at radius 2 is 2.40 bits per heavy atom. The Labute approximate surface area is 93.5 Å². The van der Waals surface area contributed by atoms with Gasteiger partial charge in [-0.2, -0.15) is 0 Å². The molecule has 1 aromatic rings. The van der Waals surface area contributed by atoms with E-state index in [0.717, 1.165) is 19.5 Å². The van der Waals surface area contributed by atoms with Crippen molar-refractivity contribution in [1.29, 1.82) is 0 Å². The topological polar surface area (TPSA) is 46.9 Å². The average molecular weight is 229 g/mol. The van der Waals surface area contributed by atoms with Crippen LogP contribution in [0.4, 0.5) is 0 Å². The molecule has 0 fully saturated rings. The molecule has 0 saturated heterocycles. The van der Waals surface area contributed by atoms with Crippen LogP contribution in [-0.2, 0) is 23.9 Å². The highest BCUT2D eigenvalue weighted by molar-refractivity contribution is 7.84. The van der Waals surface area contributed by atoms with Gasteiger partial charge < -0.3 is 9.88 Å². The Kier molecular flexibility index (Phi) is 4.98. The van der Waals surface area contributed by atoms with Crippen LogP contribution in [0, 0.1) is 0 Å². The summed E-state index contributed by atoms with van der Waals surface area (Å²) >= 11 is 0. The van der Waals surface area contributed by atoms with Crippen LogP contribution >= 0.6 is 0 Å². The van der Waals surface area contributed by atoms with Gasteiger partial charge in [0.15, 0.2) is 0 Å². The summed E-state index contributed by atoms with van der Waals surface area (Å²) in [5, 5.41) is 3.35. The molecule has 1 heterocycles. The van der Waals surface area contributed by atoms with Crippen LogP contribution in [0.5, 0.6) is 0 Å². The third-order valence-corrected chi connectivity index (χ3v) is 3.87. The Morgan fingerprint density at radius 1 is 1.67 bits per heavy atom. The van der Waals surface area contributed by atoms with Crippen molar-refractivity contribution >= 4 is 10.8 Å². The molecule has 5 heteroatoms. The first-order valence-electron chi connectivity index (χ1n) is 5.11. The van der Waals surface area contributed by atoms with E-state index in [1.807, 2.05) is 26.5 Å². The highest BCUT2D eigenvalue weighted by Gasteiger charge is 2.07. The third kappa shape index (κ3) is 3.76. The van der Waals surface area contributed by atoms with Crippen molar-refractivity contribution in [2.45, 2.75) is 31.7 Å². The zero-order valence-electron chi connectivity index (χ0n) is 9.56. The highest BCUT2D eigenvalue weighted by atomic mass is 32.2. The zero-order chi connectivity index (χ0) is 11.3. The molecule has 15 heavy (non-hydrogen) atoms. The fourth-order valence-corrected chi connectivity index (χ4v) is 1.80. The number of nitrogens with one attached hydrogen (secondary N) is 1. The second kappa shape index (κ2) is 6.02. The van der Waals surface area contributed by atoms with Gasteiger partial charge in [0.05, 0.1) is 12.0 Å². The molecule has 0 spiro atoms. The first-order chi connectivity index (χ1) is 7.15. The summed E-state index contributed by atoms with van der Waals surface area (Å²) in [6.07, 6.45) is 6.38. The predicted molar refractivity (Wildman–Crippen MR) is 63.1 cm³/mol. The highest BCUT2D eigenvalue weighted by Crippen LogP contribution is 2.05. The lowest BCUT2D eigenvalue weighted by molar-refractivity contribution is 0.591. The fraction of sp³-hybridized carbons (Fsp3) is 0.700. The van der Waals surface area contributed by atoms with E-state index in [4.69, 9.17) is 0 Å². The number of hydrogen-bond donors (Lipinski definition) is 1. The molecular weight excluding hydrogens is 210 g/mol. The van der Waals surface area contributed by atoms with Crippen molar-refractivity contribution in [2.75, 3.05) is 13.3 Å². The molecule has 1 N–H and O–H groups in total. The quantitative estimate of drug-likeness (QED) is 0.783. The molecule has 0 aliphatic carbocycles. The molecule has 1 rings (SSSR count). The number of hydrogen-bond acceptors (Lipinski definition) is 3. The van der Waals surface area contributed by atoms with Crippen LogP contribution in [0.1, 0.15) is 19.0 Å². The van der Waals surface area contributed by atoms with Crippen LogP contribution < -0.4 is 5.32 Å². The van der Waals surface area contributed by atoms with Crippen molar-refractivity contribution in [2.24, 2.45) is 0 Å². The van der Waals surface area contributed by atoms with Crippen molar-refractivity contribution in [3.05, 3.63) is 18.2 Å². The van der Waals surface area contributed by atoms with Crippen LogP contribution in [0.2, 0.25) is 0 Å². The van der Waals surface area contributed by atoms with Gasteiger partial charge in [0.1, 0.15) is 0 Å². The van der Waals surface area contributed by atoms with E-state index in [2.05, 4.69) is 14.9 Å². The fourth-order valence-electron chi connectivity index (χ4n) is 1.36. The number of nitrogens with zero attached hydrogens (tertiary/aromatic N) is 2. The lowest BCUT2D eigenvalue weighted by Crippen LogP contribution is -2.15. The van der Waals surface area contributed by atoms with Gasteiger partial charge in [-0.25, -0.2) is 4.98 Å². The maximum atomic E-state index is 11.2. The van der Waals surface area contributed by atoms with E-state index in [0.29, 0.717) is 0 Å². The Balaban J connectivity index is 2.49. The summed E-state index contributed by atoms with van der Waals surface area (Å²) in [5.74, 6) is 0. The van der Waals surface area contributed by atoms with Gasteiger partial charge in [-0.15, -0.1) is 0 Å². The van der Waals surface area contributed by atoms with Crippen molar-refractivity contribution in [3.63, 3.8) is 0 Å². The Morgan fingerprint density at radius 3 is 3.00 bits per heavy atom. The molecule has 4 nitrogen and oxygen atoms in total. The van der Waals surface area contributed by atoms with Crippen LogP contribution in [0.3, 0.4) is 0 Å². The van der Waals surface area contributed by atoms with Gasteiger partial charge in [-0.3, -0.25) is 4.21 Å². The lowest BCUT2D eigenvalue weighted by Gasteiger charge is -2.11. The van der Waals surface area contributed by atoms with E-state index >= 15 is 0 Å². The first-order valence-corrected chi connectivity index (χ1v) is 6.73. The lowest BCUT2D eigenvalue weighted by atomic mass is 10.3. The summed E-state index contributed by atoms with van der Waals surface area (Å²) in [5.41, 5.74) is 1.17. The van der Waals surface area contributed by atoms with Crippen LogP contribution in [0.15, 0.2) is 12.5 Å². The maximum Gasteiger partial charge on any atom is 0.0948 e. The largest absolute Gasteiger partial charge is 0.333 e. The number of aryl methyl sites for hydroxylation is 1. The van der Waals surface area contributed by atoms with Gasteiger partial charge in [0, 0.05) is 41.6 Å². The monoisotopic (exact) mass is 229 g/mol. The van der Waals surface area contributed by atoms with E-state index in [9.17, 15) is 4.21 Å². The molecular formula is C10H19N3OS. The van der Waals surface area contributed by atoms with Crippen molar-refractivity contribution in [3.8, 4) is 0 Å². The molecule has 0 saturated carbocycles. The molecule has 0 aromatic carbocycles. The number of aromatic nitrogens is 2. The second-order valence-corrected chi connectivity index (χ2v) is 5.51. The van der Waals surface area contributed by atoms with Crippen LogP contribution in [-0.4, -0.2) is 32.3 Å². The predicted octanol–water partition coefficient (Wildman–Crippen LogP) is 0.760. The van der Waals surface area contributed by atoms with Crippen molar-refractivity contribution < 1.29 is 4.21 Å². The normalized spacial score (nSPS) is 15.1. The summed E-state index contributed by atoms with van der Waals surface area (Å²) < 4.78 is 13.3. The van der Waals surface area contributed by atoms with E-state index in [1.165, 1.54) is 5.69 Å². The molecule has 86 valence electrons. The molecule has 0 aliphatic rings. The minimum Gasteiger partial charge on any atom is -0.333 e. The van der Waals surface area contributed by atoms with E-state index in [-0.39, 0.29) is 5.25 Å². The summed E-state index contributed by atoms with van der Waals surface area (Å²) in [7, 11) is 1.19. The molecule has 0 amide bonds. The Bertz CT molecular complexity index is 324. The first kappa shape index (κ1) is 12.4. The molecule has 0 aliphatic heterocycles. The smallest absolute Gasteiger partial charge is 0.0948 e. The maximum absolute atomic E-state index is 11.2. The molecule has 0 bridgehead atoms. The second-order valence-electron chi connectivity index (χ2n) is 3.71. The Hall–Kier alpha value is -0.680. The van der Waals surface area contributed by atoms with E-state index < -0.39 is 10.8 Å². The standard InChI is InChI=1S/C10H19N3OS/c1-9(15(3)14)4-5-13-8-12-7-10(13)6-11-2/h7-9,11H,4-6H2,1-3H3. The van der Waals surface area contributed by atoms with Gasteiger partial charge in [-0.1, -0.05) is 6.92 Å². The molecule has 1 aromatic heterocycles. The van der Waals surface area contributed by atoms with Gasteiger partial charge in [-0.05, 0) is 13.5 Å². The summed E-state index contributed by atoms with van der Waals surface area (Å²) in [4.78, 5) is 4.11. The molecule has 2 atom stereocenters.